The molecule has 3 rings (SSSR count). The summed E-state index contributed by atoms with van der Waals surface area (Å²) in [5.41, 5.74) is 1.36. The minimum atomic E-state index is -0.497. The number of hydrogen-bond donors (Lipinski definition) is 1. The number of nitrogens with one attached hydrogen (secondary N) is 1. The molecule has 0 unspecified atom stereocenters. The maximum atomic E-state index is 12.2. The van der Waals surface area contributed by atoms with Gasteiger partial charge in [0.15, 0.2) is 0 Å². The van der Waals surface area contributed by atoms with Gasteiger partial charge in [0, 0.05) is 21.8 Å². The highest BCUT2D eigenvalue weighted by atomic mass is 79.9. The maximum Gasteiger partial charge on any atom is 0.266 e. The second-order valence-electron chi connectivity index (χ2n) is 5.32. The van der Waals surface area contributed by atoms with Crippen LogP contribution in [0.3, 0.4) is 0 Å². The van der Waals surface area contributed by atoms with Crippen LogP contribution in [0.15, 0.2) is 75.1 Å². The second kappa shape index (κ2) is 8.05. The number of anilines is 1. The van der Waals surface area contributed by atoms with Crippen LogP contribution in [0.4, 0.5) is 5.69 Å². The van der Waals surface area contributed by atoms with Gasteiger partial charge in [-0.3, -0.25) is 4.79 Å². The van der Waals surface area contributed by atoms with Crippen LogP contribution in [0, 0.1) is 11.3 Å². The molecule has 1 heterocycles. The molecule has 1 aromatic heterocycles. The van der Waals surface area contributed by atoms with Crippen LogP contribution in [0.2, 0.25) is 5.02 Å². The van der Waals surface area contributed by atoms with Gasteiger partial charge in [0.25, 0.3) is 5.91 Å². The van der Waals surface area contributed by atoms with Crippen molar-refractivity contribution in [3.05, 3.63) is 81.5 Å². The number of furan rings is 1. The number of benzene rings is 2. The predicted octanol–water partition coefficient (Wildman–Crippen LogP) is 5.91. The number of para-hydroxylation sites is 1. The van der Waals surface area contributed by atoms with E-state index in [-0.39, 0.29) is 5.57 Å². The molecule has 0 aliphatic heterocycles. The molecule has 6 heteroatoms. The first-order valence-corrected chi connectivity index (χ1v) is 8.77. The van der Waals surface area contributed by atoms with E-state index in [9.17, 15) is 10.1 Å². The van der Waals surface area contributed by atoms with Gasteiger partial charge in [0.05, 0.1) is 5.02 Å². The largest absolute Gasteiger partial charge is 0.457 e. The first-order chi connectivity index (χ1) is 12.6. The fraction of sp³-hybridized carbons (Fsp3) is 0. The number of carbonyl (C=O) groups is 1. The number of rotatable bonds is 4. The predicted molar refractivity (Wildman–Crippen MR) is 106 cm³/mol. The minimum Gasteiger partial charge on any atom is -0.457 e. The first kappa shape index (κ1) is 18.0. The highest BCUT2D eigenvalue weighted by Gasteiger charge is 2.12. The number of nitrogens with zero attached hydrogens (tertiary/aromatic N) is 1. The van der Waals surface area contributed by atoms with Crippen molar-refractivity contribution in [3.8, 4) is 17.4 Å². The van der Waals surface area contributed by atoms with Crippen LogP contribution in [0.25, 0.3) is 17.4 Å². The molecule has 0 fully saturated rings. The van der Waals surface area contributed by atoms with Crippen LogP contribution in [-0.4, -0.2) is 5.91 Å². The standard InChI is InChI=1S/C20H12BrClN2O2/c21-17-8-6-13(11-18(17)22)19-9-7-16(26-19)10-14(12-23)20(25)24-15-4-2-1-3-5-15/h1-11H,(H,24,25)/b14-10+. The van der Waals surface area contributed by atoms with E-state index in [2.05, 4.69) is 21.2 Å². The van der Waals surface area contributed by atoms with E-state index in [4.69, 9.17) is 16.0 Å². The summed E-state index contributed by atoms with van der Waals surface area (Å²) in [6.07, 6.45) is 1.40. The molecular weight excluding hydrogens is 416 g/mol. The lowest BCUT2D eigenvalue weighted by Gasteiger charge is -2.03. The van der Waals surface area contributed by atoms with E-state index in [1.807, 2.05) is 24.3 Å². The lowest BCUT2D eigenvalue weighted by Crippen LogP contribution is -2.13. The van der Waals surface area contributed by atoms with Gasteiger partial charge in [0.2, 0.25) is 0 Å². The molecule has 1 amide bonds. The molecular formula is C20H12BrClN2O2. The van der Waals surface area contributed by atoms with Crippen molar-refractivity contribution in [2.24, 2.45) is 0 Å². The third-order valence-corrected chi connectivity index (χ3v) is 4.75. The summed E-state index contributed by atoms with van der Waals surface area (Å²) in [7, 11) is 0. The van der Waals surface area contributed by atoms with Crippen molar-refractivity contribution in [3.63, 3.8) is 0 Å². The van der Waals surface area contributed by atoms with Crippen molar-refractivity contribution in [1.82, 2.24) is 0 Å². The Morgan fingerprint density at radius 1 is 1.15 bits per heavy atom. The van der Waals surface area contributed by atoms with E-state index < -0.39 is 5.91 Å². The number of amides is 1. The molecule has 0 bridgehead atoms. The Balaban J connectivity index is 1.82. The zero-order chi connectivity index (χ0) is 18.5. The van der Waals surface area contributed by atoms with E-state index in [1.165, 1.54) is 6.08 Å². The van der Waals surface area contributed by atoms with E-state index in [0.29, 0.717) is 22.2 Å². The monoisotopic (exact) mass is 426 g/mol. The highest BCUT2D eigenvalue weighted by Crippen LogP contribution is 2.30. The Morgan fingerprint density at radius 3 is 2.62 bits per heavy atom. The topological polar surface area (TPSA) is 66.0 Å². The molecule has 0 saturated carbocycles. The average Bonchev–Trinajstić information content (AvgIpc) is 3.11. The van der Waals surface area contributed by atoms with E-state index in [0.717, 1.165) is 10.0 Å². The summed E-state index contributed by atoms with van der Waals surface area (Å²) in [4.78, 5) is 12.2. The fourth-order valence-electron chi connectivity index (χ4n) is 2.25. The molecule has 1 N–H and O–H groups in total. The molecule has 0 aliphatic carbocycles. The summed E-state index contributed by atoms with van der Waals surface area (Å²) in [5, 5.41) is 12.5. The third kappa shape index (κ3) is 4.23. The Hall–Kier alpha value is -2.81. The van der Waals surface area contributed by atoms with E-state index >= 15 is 0 Å². The van der Waals surface area contributed by atoms with Crippen molar-refractivity contribution >= 4 is 45.2 Å². The number of halogens is 2. The van der Waals surface area contributed by atoms with Crippen LogP contribution in [0.1, 0.15) is 5.76 Å². The zero-order valence-corrected chi connectivity index (χ0v) is 15.7. The van der Waals surface area contributed by atoms with Gasteiger partial charge in [-0.15, -0.1) is 0 Å². The fourth-order valence-corrected chi connectivity index (χ4v) is 2.67. The molecule has 0 atom stereocenters. The molecule has 4 nitrogen and oxygen atoms in total. The molecule has 0 saturated heterocycles. The van der Waals surface area contributed by atoms with Gasteiger partial charge in [-0.05, 0) is 52.3 Å². The SMILES string of the molecule is N#C/C(=C\c1ccc(-c2ccc(Br)c(Cl)c2)o1)C(=O)Nc1ccccc1. The maximum absolute atomic E-state index is 12.2. The lowest BCUT2D eigenvalue weighted by atomic mass is 10.2. The van der Waals surface area contributed by atoms with Crippen molar-refractivity contribution in [2.75, 3.05) is 5.32 Å². The number of nitriles is 1. The molecule has 26 heavy (non-hydrogen) atoms. The zero-order valence-electron chi connectivity index (χ0n) is 13.4. The summed E-state index contributed by atoms with van der Waals surface area (Å²) in [5.74, 6) is 0.494. The Kier molecular flexibility index (Phi) is 5.57. The van der Waals surface area contributed by atoms with Crippen molar-refractivity contribution < 1.29 is 9.21 Å². The molecule has 2 aromatic carbocycles. The second-order valence-corrected chi connectivity index (χ2v) is 6.58. The molecule has 0 spiro atoms. The van der Waals surface area contributed by atoms with Gasteiger partial charge in [-0.1, -0.05) is 35.9 Å². The minimum absolute atomic E-state index is 0.0522. The van der Waals surface area contributed by atoms with E-state index in [1.54, 1.807) is 42.5 Å². The first-order valence-electron chi connectivity index (χ1n) is 7.60. The number of carbonyl (C=O) groups excluding carboxylic acids is 1. The lowest BCUT2D eigenvalue weighted by molar-refractivity contribution is -0.112. The average molecular weight is 428 g/mol. The molecule has 128 valence electrons. The Labute approximate surface area is 163 Å². The van der Waals surface area contributed by atoms with Crippen molar-refractivity contribution in [1.29, 1.82) is 5.26 Å². The van der Waals surface area contributed by atoms with Crippen LogP contribution in [0.5, 0.6) is 0 Å². The van der Waals surface area contributed by atoms with Gasteiger partial charge in [0.1, 0.15) is 23.2 Å². The number of hydrogen-bond acceptors (Lipinski definition) is 3. The summed E-state index contributed by atoms with van der Waals surface area (Å²) >= 11 is 9.44. The molecule has 0 radical (unpaired) electrons. The molecule has 3 aromatic rings. The van der Waals surface area contributed by atoms with Gasteiger partial charge >= 0.3 is 0 Å². The normalized spacial score (nSPS) is 11.0. The highest BCUT2D eigenvalue weighted by molar-refractivity contribution is 9.10. The Morgan fingerprint density at radius 2 is 1.92 bits per heavy atom. The van der Waals surface area contributed by atoms with Crippen LogP contribution in [-0.2, 0) is 4.79 Å². The third-order valence-electron chi connectivity index (χ3n) is 3.51. The van der Waals surface area contributed by atoms with Gasteiger partial charge in [-0.25, -0.2) is 0 Å². The summed E-state index contributed by atoms with van der Waals surface area (Å²) in [6, 6.07) is 19.7. The molecule has 0 aliphatic rings. The van der Waals surface area contributed by atoms with Gasteiger partial charge < -0.3 is 9.73 Å². The van der Waals surface area contributed by atoms with Crippen LogP contribution >= 0.6 is 27.5 Å². The quantitative estimate of drug-likeness (QED) is 0.416. The smallest absolute Gasteiger partial charge is 0.266 e. The Bertz CT molecular complexity index is 1020. The van der Waals surface area contributed by atoms with Crippen molar-refractivity contribution in [2.45, 2.75) is 0 Å². The summed E-state index contributed by atoms with van der Waals surface area (Å²) < 4.78 is 6.51. The summed E-state index contributed by atoms with van der Waals surface area (Å²) in [6.45, 7) is 0. The van der Waals surface area contributed by atoms with Gasteiger partial charge in [-0.2, -0.15) is 5.26 Å². The van der Waals surface area contributed by atoms with Crippen LogP contribution < -0.4 is 5.32 Å².